The van der Waals surface area contributed by atoms with Crippen LogP contribution in [0.15, 0.2) is 42.5 Å². The molecule has 0 unspecified atom stereocenters. The van der Waals surface area contributed by atoms with Gasteiger partial charge < -0.3 is 10.1 Å². The minimum absolute atomic E-state index is 0.0317. The number of benzene rings is 2. The van der Waals surface area contributed by atoms with Gasteiger partial charge in [0.1, 0.15) is 5.75 Å². The van der Waals surface area contributed by atoms with E-state index in [1.54, 1.807) is 0 Å². The lowest BCUT2D eigenvalue weighted by atomic mass is 10.1. The van der Waals surface area contributed by atoms with Gasteiger partial charge in [0, 0.05) is 13.1 Å². The molecule has 4 nitrogen and oxygen atoms in total. The maximum absolute atomic E-state index is 12.0. The van der Waals surface area contributed by atoms with Gasteiger partial charge in [0.15, 0.2) is 6.61 Å². The Morgan fingerprint density at radius 1 is 1.00 bits per heavy atom. The normalized spacial score (nSPS) is 10.8. The second kappa shape index (κ2) is 9.97. The van der Waals surface area contributed by atoms with E-state index in [0.29, 0.717) is 6.54 Å². The first-order chi connectivity index (χ1) is 12.5. The summed E-state index contributed by atoms with van der Waals surface area (Å²) < 4.78 is 5.61. The Labute approximate surface area is 157 Å². The minimum atomic E-state index is -0.114. The van der Waals surface area contributed by atoms with E-state index in [0.717, 1.165) is 36.5 Å². The van der Waals surface area contributed by atoms with Crippen LogP contribution in [0.25, 0.3) is 0 Å². The molecule has 140 valence electrons. The third kappa shape index (κ3) is 6.19. The summed E-state index contributed by atoms with van der Waals surface area (Å²) in [7, 11) is 0. The first kappa shape index (κ1) is 20.0. The van der Waals surface area contributed by atoms with Crippen LogP contribution in [0.3, 0.4) is 0 Å². The van der Waals surface area contributed by atoms with E-state index >= 15 is 0 Å². The third-order valence-corrected chi connectivity index (χ3v) is 4.50. The predicted octanol–water partition coefficient (Wildman–Crippen LogP) is 3.84. The predicted molar refractivity (Wildman–Crippen MR) is 106 cm³/mol. The van der Waals surface area contributed by atoms with Gasteiger partial charge in [-0.3, -0.25) is 9.69 Å². The first-order valence-corrected chi connectivity index (χ1v) is 9.28. The molecule has 1 amide bonds. The van der Waals surface area contributed by atoms with E-state index in [1.807, 2.05) is 32.0 Å². The van der Waals surface area contributed by atoms with Crippen LogP contribution >= 0.6 is 0 Å². The largest absolute Gasteiger partial charge is 0.484 e. The molecule has 2 aromatic rings. The zero-order valence-corrected chi connectivity index (χ0v) is 16.3. The molecule has 0 aliphatic carbocycles. The van der Waals surface area contributed by atoms with Gasteiger partial charge in [-0.2, -0.15) is 0 Å². The molecule has 0 saturated carbocycles. The first-order valence-electron chi connectivity index (χ1n) is 9.28. The summed E-state index contributed by atoms with van der Waals surface area (Å²) in [6.07, 6.45) is 0. The molecule has 2 aromatic carbocycles. The van der Waals surface area contributed by atoms with Crippen LogP contribution < -0.4 is 10.1 Å². The second-order valence-electron chi connectivity index (χ2n) is 6.61. The average Bonchev–Trinajstić information content (AvgIpc) is 2.64. The van der Waals surface area contributed by atoms with Gasteiger partial charge in [-0.15, -0.1) is 0 Å². The molecule has 4 heteroatoms. The molecule has 0 saturated heterocycles. The quantitative estimate of drug-likeness (QED) is 0.744. The smallest absolute Gasteiger partial charge is 0.258 e. The fourth-order valence-corrected chi connectivity index (χ4v) is 2.82. The van der Waals surface area contributed by atoms with Gasteiger partial charge in [0.2, 0.25) is 0 Å². The summed E-state index contributed by atoms with van der Waals surface area (Å²) in [4.78, 5) is 14.4. The lowest BCUT2D eigenvalue weighted by molar-refractivity contribution is -0.123. The number of nitrogens with one attached hydrogen (secondary N) is 1. The minimum Gasteiger partial charge on any atom is -0.484 e. The molecular formula is C22H30N2O2. The van der Waals surface area contributed by atoms with Gasteiger partial charge in [-0.25, -0.2) is 0 Å². The van der Waals surface area contributed by atoms with E-state index in [1.165, 1.54) is 11.1 Å². The molecular weight excluding hydrogens is 324 g/mol. The Hall–Kier alpha value is -2.33. The molecule has 0 aromatic heterocycles. The van der Waals surface area contributed by atoms with Crippen molar-refractivity contribution < 1.29 is 9.53 Å². The highest BCUT2D eigenvalue weighted by molar-refractivity contribution is 5.77. The van der Waals surface area contributed by atoms with Gasteiger partial charge in [0.05, 0.1) is 0 Å². The van der Waals surface area contributed by atoms with Crippen molar-refractivity contribution in [1.29, 1.82) is 0 Å². The highest BCUT2D eigenvalue weighted by Gasteiger charge is 2.06. The van der Waals surface area contributed by atoms with E-state index in [-0.39, 0.29) is 12.5 Å². The highest BCUT2D eigenvalue weighted by Crippen LogP contribution is 2.18. The van der Waals surface area contributed by atoms with Gasteiger partial charge in [-0.1, -0.05) is 55.8 Å². The summed E-state index contributed by atoms with van der Waals surface area (Å²) in [6.45, 7) is 12.0. The van der Waals surface area contributed by atoms with Crippen molar-refractivity contribution in [3.8, 4) is 5.75 Å². The molecule has 0 bridgehead atoms. The van der Waals surface area contributed by atoms with Crippen LogP contribution in [0.1, 0.15) is 36.1 Å². The van der Waals surface area contributed by atoms with E-state index < -0.39 is 0 Å². The van der Waals surface area contributed by atoms with E-state index in [2.05, 4.69) is 48.3 Å². The molecule has 0 spiro atoms. The number of carbonyl (C=O) groups is 1. The fourth-order valence-electron chi connectivity index (χ4n) is 2.82. The monoisotopic (exact) mass is 354 g/mol. The summed E-state index contributed by atoms with van der Waals surface area (Å²) in [5.41, 5.74) is 4.61. The number of hydrogen-bond acceptors (Lipinski definition) is 3. The number of rotatable bonds is 9. The van der Waals surface area contributed by atoms with Crippen molar-refractivity contribution in [3.63, 3.8) is 0 Å². The summed E-state index contributed by atoms with van der Waals surface area (Å²) in [5, 5.41) is 2.91. The van der Waals surface area contributed by atoms with E-state index in [4.69, 9.17) is 4.74 Å². The Kier molecular flexibility index (Phi) is 7.67. The number of ether oxygens (including phenoxy) is 1. The van der Waals surface area contributed by atoms with Crippen LogP contribution in [-0.2, 0) is 17.9 Å². The molecule has 0 fully saturated rings. The number of aryl methyl sites for hydroxylation is 2. The molecule has 0 aliphatic rings. The van der Waals surface area contributed by atoms with Gasteiger partial charge >= 0.3 is 0 Å². The summed E-state index contributed by atoms with van der Waals surface area (Å²) in [5.74, 6) is 0.642. The van der Waals surface area contributed by atoms with Gasteiger partial charge in [-0.05, 0) is 49.7 Å². The molecule has 26 heavy (non-hydrogen) atoms. The zero-order chi connectivity index (χ0) is 18.9. The number of hydrogen-bond donors (Lipinski definition) is 1. The van der Waals surface area contributed by atoms with Crippen molar-refractivity contribution in [2.24, 2.45) is 0 Å². The van der Waals surface area contributed by atoms with Crippen molar-refractivity contribution in [1.82, 2.24) is 10.2 Å². The van der Waals surface area contributed by atoms with E-state index in [9.17, 15) is 4.79 Å². The van der Waals surface area contributed by atoms with Crippen LogP contribution in [0.2, 0.25) is 0 Å². The van der Waals surface area contributed by atoms with Crippen molar-refractivity contribution in [2.75, 3.05) is 19.7 Å². The Morgan fingerprint density at radius 3 is 2.27 bits per heavy atom. The maximum atomic E-state index is 12.0. The van der Waals surface area contributed by atoms with Crippen molar-refractivity contribution in [3.05, 3.63) is 64.7 Å². The topological polar surface area (TPSA) is 41.6 Å². The number of carbonyl (C=O) groups excluding carboxylic acids is 1. The van der Waals surface area contributed by atoms with Crippen LogP contribution in [0, 0.1) is 13.8 Å². The van der Waals surface area contributed by atoms with Crippen molar-refractivity contribution >= 4 is 5.91 Å². The molecule has 0 aliphatic heterocycles. The standard InChI is InChI=1S/C22H30N2O2/c1-5-24(6-2)15-20-10-8-19(9-11-20)14-23-22(25)16-26-21-12-7-17(3)13-18(21)4/h7-13H,5-6,14-16H2,1-4H3,(H,23,25). The lowest BCUT2D eigenvalue weighted by Gasteiger charge is -2.18. The van der Waals surface area contributed by atoms with Crippen LogP contribution in [-0.4, -0.2) is 30.5 Å². The maximum Gasteiger partial charge on any atom is 0.258 e. The zero-order valence-electron chi connectivity index (χ0n) is 16.3. The van der Waals surface area contributed by atoms with Crippen LogP contribution in [0.4, 0.5) is 0 Å². The van der Waals surface area contributed by atoms with Crippen LogP contribution in [0.5, 0.6) is 5.75 Å². The Morgan fingerprint density at radius 2 is 1.65 bits per heavy atom. The molecule has 2 rings (SSSR count). The van der Waals surface area contributed by atoms with Gasteiger partial charge in [0.25, 0.3) is 5.91 Å². The third-order valence-electron chi connectivity index (χ3n) is 4.50. The SMILES string of the molecule is CCN(CC)Cc1ccc(CNC(=O)COc2ccc(C)cc2C)cc1. The molecule has 1 N–H and O–H groups in total. The number of amides is 1. The molecule has 0 radical (unpaired) electrons. The van der Waals surface area contributed by atoms with Crippen molar-refractivity contribution in [2.45, 2.75) is 40.8 Å². The average molecular weight is 354 g/mol. The summed E-state index contributed by atoms with van der Waals surface area (Å²) >= 11 is 0. The Balaban J connectivity index is 1.78. The lowest BCUT2D eigenvalue weighted by Crippen LogP contribution is -2.28. The highest BCUT2D eigenvalue weighted by atomic mass is 16.5. The molecule has 0 atom stereocenters. The fraction of sp³-hybridized carbons (Fsp3) is 0.409. The second-order valence-corrected chi connectivity index (χ2v) is 6.61. The summed E-state index contributed by atoms with van der Waals surface area (Å²) in [6, 6.07) is 14.4. The number of nitrogens with zero attached hydrogens (tertiary/aromatic N) is 1. The molecule has 0 heterocycles. The Bertz CT molecular complexity index is 707.